The van der Waals surface area contributed by atoms with Crippen molar-refractivity contribution < 1.29 is 4.79 Å². The van der Waals surface area contributed by atoms with E-state index in [2.05, 4.69) is 11.4 Å². The van der Waals surface area contributed by atoms with Crippen molar-refractivity contribution in [2.75, 3.05) is 5.32 Å². The molecule has 106 valence electrons. The van der Waals surface area contributed by atoms with Gasteiger partial charge in [0.25, 0.3) is 0 Å². The van der Waals surface area contributed by atoms with Crippen LogP contribution in [0.15, 0.2) is 48.5 Å². The van der Waals surface area contributed by atoms with Crippen molar-refractivity contribution in [1.29, 1.82) is 5.26 Å². The van der Waals surface area contributed by atoms with E-state index in [1.54, 1.807) is 12.1 Å². The van der Waals surface area contributed by atoms with Crippen LogP contribution in [0.4, 0.5) is 5.69 Å². The second-order valence-corrected chi connectivity index (χ2v) is 5.23. The molecule has 1 N–H and O–H groups in total. The van der Waals surface area contributed by atoms with Gasteiger partial charge in [-0.05, 0) is 36.6 Å². The minimum Gasteiger partial charge on any atom is -0.325 e. The zero-order valence-corrected chi connectivity index (χ0v) is 12.4. The summed E-state index contributed by atoms with van der Waals surface area (Å²) >= 11 is 6.02. The van der Waals surface area contributed by atoms with Crippen LogP contribution in [0.2, 0.25) is 5.02 Å². The number of nitrogens with zero attached hydrogens (tertiary/aromatic N) is 1. The van der Waals surface area contributed by atoms with Crippen molar-refractivity contribution in [3.63, 3.8) is 0 Å². The van der Waals surface area contributed by atoms with Crippen molar-refractivity contribution in [3.05, 3.63) is 64.7 Å². The van der Waals surface area contributed by atoms with Gasteiger partial charge in [-0.25, -0.2) is 0 Å². The fraction of sp³-hybridized carbons (Fsp3) is 0.176. The Morgan fingerprint density at radius 2 is 2.00 bits per heavy atom. The standard InChI is InChI=1S/C17H15ClN2O/c1-12-7-8-15(10-16(12)18)20-17(21)14(11-19)9-13-5-3-2-4-6-13/h2-8,10,14H,9H2,1H3,(H,20,21). The van der Waals surface area contributed by atoms with E-state index >= 15 is 0 Å². The van der Waals surface area contributed by atoms with E-state index in [1.807, 2.05) is 43.3 Å². The molecule has 1 unspecified atom stereocenters. The Kier molecular flexibility index (Phi) is 4.97. The largest absolute Gasteiger partial charge is 0.325 e. The van der Waals surface area contributed by atoms with Crippen molar-refractivity contribution in [3.8, 4) is 6.07 Å². The predicted molar refractivity (Wildman–Crippen MR) is 84.1 cm³/mol. The first-order valence-corrected chi connectivity index (χ1v) is 6.98. The minimum atomic E-state index is -0.729. The predicted octanol–water partition coefficient (Wildman–Crippen LogP) is 3.97. The molecule has 0 heterocycles. The number of rotatable bonds is 4. The molecule has 0 saturated carbocycles. The molecule has 0 saturated heterocycles. The number of nitrogens with one attached hydrogen (secondary N) is 1. The van der Waals surface area contributed by atoms with Gasteiger partial charge in [0.15, 0.2) is 0 Å². The highest BCUT2D eigenvalue weighted by atomic mass is 35.5. The first-order valence-electron chi connectivity index (χ1n) is 6.60. The first-order chi connectivity index (χ1) is 10.1. The Morgan fingerprint density at radius 3 is 2.62 bits per heavy atom. The number of anilines is 1. The van der Waals surface area contributed by atoms with Crippen molar-refractivity contribution in [2.24, 2.45) is 5.92 Å². The zero-order valence-electron chi connectivity index (χ0n) is 11.6. The molecule has 21 heavy (non-hydrogen) atoms. The molecule has 0 spiro atoms. The number of aryl methyl sites for hydroxylation is 1. The molecule has 0 fully saturated rings. The topological polar surface area (TPSA) is 52.9 Å². The lowest BCUT2D eigenvalue weighted by Gasteiger charge is -2.11. The Hall–Kier alpha value is -2.31. The molecular formula is C17H15ClN2O. The third-order valence-corrected chi connectivity index (χ3v) is 3.60. The summed E-state index contributed by atoms with van der Waals surface area (Å²) in [7, 11) is 0. The molecule has 0 radical (unpaired) electrons. The molecule has 0 aliphatic carbocycles. The number of halogens is 1. The normalized spacial score (nSPS) is 11.5. The summed E-state index contributed by atoms with van der Waals surface area (Å²) in [6.45, 7) is 1.89. The molecular weight excluding hydrogens is 284 g/mol. The Labute approximate surface area is 129 Å². The lowest BCUT2D eigenvalue weighted by molar-refractivity contribution is -0.118. The molecule has 0 aliphatic heterocycles. The maximum Gasteiger partial charge on any atom is 0.242 e. The summed E-state index contributed by atoms with van der Waals surface area (Å²) in [5.41, 5.74) is 2.50. The van der Waals surface area contributed by atoms with Crippen LogP contribution in [0.3, 0.4) is 0 Å². The van der Waals surface area contributed by atoms with Gasteiger partial charge in [0.2, 0.25) is 5.91 Å². The van der Waals surface area contributed by atoms with E-state index in [-0.39, 0.29) is 5.91 Å². The van der Waals surface area contributed by atoms with E-state index in [4.69, 9.17) is 11.6 Å². The van der Waals surface area contributed by atoms with Crippen molar-refractivity contribution >= 4 is 23.2 Å². The van der Waals surface area contributed by atoms with Crippen LogP contribution >= 0.6 is 11.6 Å². The lowest BCUT2D eigenvalue weighted by Crippen LogP contribution is -2.23. The third-order valence-electron chi connectivity index (χ3n) is 3.19. The second-order valence-electron chi connectivity index (χ2n) is 4.82. The van der Waals surface area contributed by atoms with Crippen LogP contribution in [-0.2, 0) is 11.2 Å². The van der Waals surface area contributed by atoms with Crippen LogP contribution in [0.1, 0.15) is 11.1 Å². The van der Waals surface area contributed by atoms with E-state index < -0.39 is 5.92 Å². The van der Waals surface area contributed by atoms with E-state index in [9.17, 15) is 10.1 Å². The Morgan fingerprint density at radius 1 is 1.29 bits per heavy atom. The summed E-state index contributed by atoms with van der Waals surface area (Å²) in [6.07, 6.45) is 0.392. The van der Waals surface area contributed by atoms with Gasteiger partial charge in [-0.3, -0.25) is 4.79 Å². The average molecular weight is 299 g/mol. The van der Waals surface area contributed by atoms with E-state index in [0.29, 0.717) is 17.1 Å². The van der Waals surface area contributed by atoms with Crippen LogP contribution < -0.4 is 5.32 Å². The molecule has 0 aromatic heterocycles. The van der Waals surface area contributed by atoms with Gasteiger partial charge in [0.1, 0.15) is 5.92 Å². The third kappa shape index (κ3) is 4.08. The Balaban J connectivity index is 2.07. The number of hydrogen-bond acceptors (Lipinski definition) is 2. The van der Waals surface area contributed by atoms with Crippen LogP contribution in [0.5, 0.6) is 0 Å². The lowest BCUT2D eigenvalue weighted by atomic mass is 10.00. The number of nitriles is 1. The number of carbonyl (C=O) groups excluding carboxylic acids is 1. The van der Waals surface area contributed by atoms with Crippen LogP contribution in [-0.4, -0.2) is 5.91 Å². The summed E-state index contributed by atoms with van der Waals surface area (Å²) < 4.78 is 0. The summed E-state index contributed by atoms with van der Waals surface area (Å²) in [6, 6.07) is 16.8. The molecule has 4 heteroatoms. The zero-order chi connectivity index (χ0) is 15.2. The van der Waals surface area contributed by atoms with Gasteiger partial charge in [-0.2, -0.15) is 5.26 Å². The fourth-order valence-corrected chi connectivity index (χ4v) is 2.13. The first kappa shape index (κ1) is 15.1. The smallest absolute Gasteiger partial charge is 0.242 e. The average Bonchev–Trinajstić information content (AvgIpc) is 2.49. The van der Waals surface area contributed by atoms with Crippen LogP contribution in [0.25, 0.3) is 0 Å². The second kappa shape index (κ2) is 6.92. The molecule has 1 atom stereocenters. The molecule has 2 aromatic carbocycles. The minimum absolute atomic E-state index is 0.318. The van der Waals surface area contributed by atoms with Gasteiger partial charge < -0.3 is 5.32 Å². The number of carbonyl (C=O) groups is 1. The molecule has 2 rings (SSSR count). The summed E-state index contributed by atoms with van der Waals surface area (Å²) in [5, 5.41) is 12.5. The van der Waals surface area contributed by atoms with Crippen molar-refractivity contribution in [2.45, 2.75) is 13.3 Å². The highest BCUT2D eigenvalue weighted by Crippen LogP contribution is 2.20. The van der Waals surface area contributed by atoms with Gasteiger partial charge in [-0.15, -0.1) is 0 Å². The molecule has 3 nitrogen and oxygen atoms in total. The SMILES string of the molecule is Cc1ccc(NC(=O)C(C#N)Cc2ccccc2)cc1Cl. The molecule has 1 amide bonds. The van der Waals surface area contributed by atoms with Gasteiger partial charge >= 0.3 is 0 Å². The quantitative estimate of drug-likeness (QED) is 0.928. The summed E-state index contributed by atoms with van der Waals surface area (Å²) in [5.74, 6) is -1.05. The monoisotopic (exact) mass is 298 g/mol. The van der Waals surface area contributed by atoms with Crippen LogP contribution in [0, 0.1) is 24.2 Å². The van der Waals surface area contributed by atoms with Gasteiger partial charge in [0.05, 0.1) is 6.07 Å². The number of amides is 1. The highest BCUT2D eigenvalue weighted by molar-refractivity contribution is 6.31. The molecule has 0 bridgehead atoms. The number of hydrogen-bond donors (Lipinski definition) is 1. The van der Waals surface area contributed by atoms with Gasteiger partial charge in [0, 0.05) is 10.7 Å². The molecule has 2 aromatic rings. The highest BCUT2D eigenvalue weighted by Gasteiger charge is 2.18. The maximum absolute atomic E-state index is 12.2. The van der Waals surface area contributed by atoms with Gasteiger partial charge in [-0.1, -0.05) is 48.0 Å². The molecule has 0 aliphatic rings. The van der Waals surface area contributed by atoms with E-state index in [0.717, 1.165) is 11.1 Å². The van der Waals surface area contributed by atoms with E-state index in [1.165, 1.54) is 0 Å². The number of benzene rings is 2. The maximum atomic E-state index is 12.2. The van der Waals surface area contributed by atoms with Crippen molar-refractivity contribution in [1.82, 2.24) is 0 Å². The fourth-order valence-electron chi connectivity index (χ4n) is 1.95. The summed E-state index contributed by atoms with van der Waals surface area (Å²) in [4.78, 5) is 12.2. The Bertz CT molecular complexity index is 677.